The van der Waals surface area contributed by atoms with E-state index in [4.69, 9.17) is 0 Å². The van der Waals surface area contributed by atoms with Crippen molar-refractivity contribution in [2.45, 2.75) is 33.0 Å². The van der Waals surface area contributed by atoms with E-state index in [1.807, 2.05) is 13.8 Å². The molecule has 0 unspecified atom stereocenters. The van der Waals surface area contributed by atoms with Gasteiger partial charge in [0.2, 0.25) is 0 Å². The summed E-state index contributed by atoms with van der Waals surface area (Å²) in [5, 5.41) is 2.96. The molecule has 15 heavy (non-hydrogen) atoms. The molecule has 0 heterocycles. The minimum absolute atomic E-state index is 0.118. The predicted molar refractivity (Wildman–Crippen MR) is 54.9 cm³/mol. The van der Waals surface area contributed by atoms with E-state index in [9.17, 15) is 13.2 Å². The van der Waals surface area contributed by atoms with Gasteiger partial charge in [0.05, 0.1) is 5.56 Å². The molecule has 1 N–H and O–H groups in total. The molecule has 0 aliphatic rings. The minimum atomic E-state index is -4.28. The van der Waals surface area contributed by atoms with Crippen molar-refractivity contribution in [1.82, 2.24) is 0 Å². The Hall–Kier alpha value is -1.19. The van der Waals surface area contributed by atoms with Crippen molar-refractivity contribution in [3.63, 3.8) is 0 Å². The molecule has 0 aliphatic carbocycles. The van der Waals surface area contributed by atoms with Gasteiger partial charge < -0.3 is 5.32 Å². The molecule has 0 saturated carbocycles. The van der Waals surface area contributed by atoms with Crippen LogP contribution in [0.1, 0.15) is 25.0 Å². The predicted octanol–water partition coefficient (Wildman–Crippen LogP) is 3.83. The van der Waals surface area contributed by atoms with Gasteiger partial charge in [-0.15, -0.1) is 0 Å². The topological polar surface area (TPSA) is 12.0 Å². The van der Waals surface area contributed by atoms with Gasteiger partial charge in [-0.1, -0.05) is 0 Å². The Morgan fingerprint density at radius 2 is 1.73 bits per heavy atom. The number of nitrogens with one attached hydrogen (secondary N) is 1. The zero-order chi connectivity index (χ0) is 11.6. The minimum Gasteiger partial charge on any atom is -0.383 e. The van der Waals surface area contributed by atoms with Gasteiger partial charge in [-0.25, -0.2) is 0 Å². The molecule has 0 saturated heterocycles. The molecule has 1 aromatic carbocycles. The fraction of sp³-hybridized carbons (Fsp3) is 0.455. The normalized spacial score (nSPS) is 11.9. The Morgan fingerprint density at radius 1 is 1.13 bits per heavy atom. The van der Waals surface area contributed by atoms with Crippen molar-refractivity contribution in [1.29, 1.82) is 0 Å². The number of anilines is 1. The summed E-state index contributed by atoms with van der Waals surface area (Å²) in [6, 6.07) is 4.10. The molecule has 0 fully saturated rings. The van der Waals surface area contributed by atoms with Crippen LogP contribution in [-0.4, -0.2) is 6.04 Å². The Bertz CT molecular complexity index is 342. The maximum atomic E-state index is 12.5. The van der Waals surface area contributed by atoms with Crippen molar-refractivity contribution in [3.05, 3.63) is 29.3 Å². The van der Waals surface area contributed by atoms with Gasteiger partial charge in [0, 0.05) is 11.7 Å². The van der Waals surface area contributed by atoms with Crippen molar-refractivity contribution >= 4 is 5.69 Å². The van der Waals surface area contributed by atoms with E-state index < -0.39 is 11.7 Å². The first-order chi connectivity index (χ1) is 6.79. The van der Waals surface area contributed by atoms with Gasteiger partial charge in [0.15, 0.2) is 0 Å². The monoisotopic (exact) mass is 217 g/mol. The second-order valence-electron chi connectivity index (χ2n) is 3.88. The van der Waals surface area contributed by atoms with E-state index in [0.717, 1.165) is 12.1 Å². The highest BCUT2D eigenvalue weighted by Gasteiger charge is 2.30. The van der Waals surface area contributed by atoms with E-state index >= 15 is 0 Å². The molecule has 84 valence electrons. The Balaban J connectivity index is 3.06. The van der Waals surface area contributed by atoms with Crippen molar-refractivity contribution in [2.24, 2.45) is 0 Å². The maximum Gasteiger partial charge on any atom is 0.416 e. The van der Waals surface area contributed by atoms with Crippen LogP contribution in [0.5, 0.6) is 0 Å². The molecular weight excluding hydrogens is 203 g/mol. The van der Waals surface area contributed by atoms with Crippen LogP contribution < -0.4 is 5.32 Å². The van der Waals surface area contributed by atoms with Gasteiger partial charge in [-0.3, -0.25) is 0 Å². The molecule has 0 spiro atoms. The van der Waals surface area contributed by atoms with Crippen LogP contribution in [0.15, 0.2) is 18.2 Å². The summed E-state index contributed by atoms with van der Waals surface area (Å²) >= 11 is 0. The number of alkyl halides is 3. The average Bonchev–Trinajstić information content (AvgIpc) is 1.99. The highest BCUT2D eigenvalue weighted by molar-refractivity contribution is 5.49. The lowest BCUT2D eigenvalue weighted by Crippen LogP contribution is -2.12. The second-order valence-corrected chi connectivity index (χ2v) is 3.88. The SMILES string of the molecule is Cc1cc(NC(C)C)cc(C(F)(F)F)c1. The standard InChI is InChI=1S/C11H14F3N/c1-7(2)15-10-5-8(3)4-9(6-10)11(12,13)14/h4-7,15H,1-3H3. The zero-order valence-electron chi connectivity index (χ0n) is 8.94. The first kappa shape index (κ1) is 11.9. The molecule has 0 aliphatic heterocycles. The fourth-order valence-corrected chi connectivity index (χ4v) is 1.36. The van der Waals surface area contributed by atoms with Gasteiger partial charge in [0.1, 0.15) is 0 Å². The van der Waals surface area contributed by atoms with E-state index in [1.54, 1.807) is 13.0 Å². The van der Waals surface area contributed by atoms with Crippen LogP contribution in [-0.2, 0) is 6.18 Å². The largest absolute Gasteiger partial charge is 0.416 e. The van der Waals surface area contributed by atoms with Crippen LogP contribution in [0.4, 0.5) is 18.9 Å². The fourth-order valence-electron chi connectivity index (χ4n) is 1.36. The summed E-state index contributed by atoms with van der Waals surface area (Å²) in [4.78, 5) is 0. The highest BCUT2D eigenvalue weighted by Crippen LogP contribution is 2.31. The Labute approximate surface area is 87.3 Å². The third kappa shape index (κ3) is 3.46. The summed E-state index contributed by atoms with van der Waals surface area (Å²) < 4.78 is 37.4. The maximum absolute atomic E-state index is 12.5. The summed E-state index contributed by atoms with van der Waals surface area (Å²) in [6.07, 6.45) is -4.28. The third-order valence-electron chi connectivity index (χ3n) is 1.86. The second kappa shape index (κ2) is 4.13. The number of aryl methyl sites for hydroxylation is 1. The van der Waals surface area contributed by atoms with Crippen LogP contribution in [0, 0.1) is 6.92 Å². The molecule has 1 nitrogen and oxygen atoms in total. The quantitative estimate of drug-likeness (QED) is 0.793. The lowest BCUT2D eigenvalue weighted by molar-refractivity contribution is -0.137. The third-order valence-corrected chi connectivity index (χ3v) is 1.86. The van der Waals surface area contributed by atoms with Crippen LogP contribution in [0.3, 0.4) is 0 Å². The summed E-state index contributed by atoms with van der Waals surface area (Å²) in [5.74, 6) is 0. The smallest absolute Gasteiger partial charge is 0.383 e. The van der Waals surface area contributed by atoms with Gasteiger partial charge in [-0.2, -0.15) is 13.2 Å². The van der Waals surface area contributed by atoms with Crippen molar-refractivity contribution in [3.8, 4) is 0 Å². The molecule has 0 amide bonds. The summed E-state index contributed by atoms with van der Waals surface area (Å²) in [7, 11) is 0. The Kier molecular flexibility index (Phi) is 3.27. The lowest BCUT2D eigenvalue weighted by atomic mass is 10.1. The first-order valence-electron chi connectivity index (χ1n) is 4.74. The molecule has 0 radical (unpaired) electrons. The molecule has 0 bridgehead atoms. The van der Waals surface area contributed by atoms with Crippen molar-refractivity contribution < 1.29 is 13.2 Å². The van der Waals surface area contributed by atoms with E-state index in [2.05, 4.69) is 5.32 Å². The summed E-state index contributed by atoms with van der Waals surface area (Å²) in [5.41, 5.74) is 0.510. The number of benzene rings is 1. The van der Waals surface area contributed by atoms with Gasteiger partial charge >= 0.3 is 6.18 Å². The van der Waals surface area contributed by atoms with Crippen LogP contribution in [0.2, 0.25) is 0 Å². The molecular formula is C11H14F3N. The number of hydrogen-bond donors (Lipinski definition) is 1. The van der Waals surface area contributed by atoms with Crippen LogP contribution >= 0.6 is 0 Å². The van der Waals surface area contributed by atoms with E-state index in [1.165, 1.54) is 0 Å². The molecule has 0 aromatic heterocycles. The molecule has 0 atom stereocenters. The average molecular weight is 217 g/mol. The lowest BCUT2D eigenvalue weighted by Gasteiger charge is -2.14. The van der Waals surface area contributed by atoms with E-state index in [0.29, 0.717) is 11.3 Å². The van der Waals surface area contributed by atoms with Crippen molar-refractivity contribution in [2.75, 3.05) is 5.32 Å². The molecule has 4 heteroatoms. The number of halogens is 3. The number of hydrogen-bond acceptors (Lipinski definition) is 1. The van der Waals surface area contributed by atoms with E-state index in [-0.39, 0.29) is 6.04 Å². The van der Waals surface area contributed by atoms with Crippen LogP contribution in [0.25, 0.3) is 0 Å². The Morgan fingerprint density at radius 3 is 2.20 bits per heavy atom. The van der Waals surface area contributed by atoms with Gasteiger partial charge in [-0.05, 0) is 44.5 Å². The zero-order valence-corrected chi connectivity index (χ0v) is 8.94. The molecule has 1 rings (SSSR count). The highest BCUT2D eigenvalue weighted by atomic mass is 19.4. The summed E-state index contributed by atoms with van der Waals surface area (Å²) in [6.45, 7) is 5.42. The van der Waals surface area contributed by atoms with Gasteiger partial charge in [0.25, 0.3) is 0 Å². The molecule has 1 aromatic rings. The number of rotatable bonds is 2. The first-order valence-corrected chi connectivity index (χ1v) is 4.74.